The van der Waals surface area contributed by atoms with Gasteiger partial charge in [-0.25, -0.2) is 0 Å². The lowest BCUT2D eigenvalue weighted by molar-refractivity contribution is 1.80. The lowest BCUT2D eigenvalue weighted by Crippen LogP contribution is -1.79. The molecule has 128 valence electrons. The summed E-state index contributed by atoms with van der Waals surface area (Å²) in [5, 5.41) is 10.9. The predicted molar refractivity (Wildman–Crippen MR) is 125 cm³/mol. The zero-order chi connectivity index (χ0) is 17.5. The summed E-state index contributed by atoms with van der Waals surface area (Å²) in [4.78, 5) is 6.74. The topological polar surface area (TPSA) is 0 Å². The normalized spacial score (nSPS) is 11.3. The van der Waals surface area contributed by atoms with Crippen molar-refractivity contribution >= 4 is 72.6 Å². The Bertz CT molecular complexity index is 1150. The Morgan fingerprint density at radius 3 is 1.73 bits per heavy atom. The van der Waals surface area contributed by atoms with Crippen molar-refractivity contribution in [2.75, 3.05) is 0 Å². The van der Waals surface area contributed by atoms with Crippen LogP contribution in [0.1, 0.15) is 0 Å². The van der Waals surface area contributed by atoms with Crippen LogP contribution in [-0.4, -0.2) is 0 Å². The Labute approximate surface area is 180 Å². The minimum atomic E-state index is 1.18. The predicted octanol–water partition coefficient (Wildman–Crippen LogP) is 9.42. The minimum absolute atomic E-state index is 1.18. The summed E-state index contributed by atoms with van der Waals surface area (Å²) in [5.41, 5.74) is 4.04. The van der Waals surface area contributed by atoms with E-state index in [0.29, 0.717) is 0 Å². The Morgan fingerprint density at radius 1 is 0.500 bits per heavy atom. The standard InChI is InChI=1S/C20H11BrS5/c21-15-6-11-26-20(15)19-14(5-10-25-19)18-13(4-9-24-18)17-12(3-8-23-17)16-2-1-7-22-16/h1-11H. The molecule has 0 amide bonds. The molecule has 0 unspecified atom stereocenters. The second-order valence-corrected chi connectivity index (χ2v) is 11.0. The Kier molecular flexibility index (Phi) is 4.73. The first kappa shape index (κ1) is 17.1. The molecule has 0 aromatic carbocycles. The third-order valence-corrected chi connectivity index (χ3v) is 9.81. The quantitative estimate of drug-likeness (QED) is 0.235. The van der Waals surface area contributed by atoms with Gasteiger partial charge >= 0.3 is 0 Å². The summed E-state index contributed by atoms with van der Waals surface area (Å²) < 4.78 is 1.18. The highest BCUT2D eigenvalue weighted by molar-refractivity contribution is 9.10. The van der Waals surface area contributed by atoms with Crippen LogP contribution in [0.3, 0.4) is 0 Å². The first-order valence-electron chi connectivity index (χ1n) is 7.83. The van der Waals surface area contributed by atoms with Gasteiger partial charge in [0.25, 0.3) is 0 Å². The molecule has 5 aromatic heterocycles. The van der Waals surface area contributed by atoms with Gasteiger partial charge in [-0.15, -0.1) is 56.7 Å². The SMILES string of the molecule is Brc1ccsc1-c1sccc1-c1sccc1-c1sccc1-c1cccs1. The summed E-state index contributed by atoms with van der Waals surface area (Å²) in [6.45, 7) is 0. The summed E-state index contributed by atoms with van der Waals surface area (Å²) >= 11 is 12.8. The van der Waals surface area contributed by atoms with Gasteiger partial charge in [0.15, 0.2) is 0 Å². The van der Waals surface area contributed by atoms with Crippen LogP contribution >= 0.6 is 72.6 Å². The highest BCUT2D eigenvalue weighted by Gasteiger charge is 2.20. The van der Waals surface area contributed by atoms with Crippen molar-refractivity contribution < 1.29 is 0 Å². The Balaban J connectivity index is 1.66. The number of hydrogen-bond donors (Lipinski definition) is 0. The zero-order valence-electron chi connectivity index (χ0n) is 13.3. The number of halogens is 1. The molecule has 0 radical (unpaired) electrons. The van der Waals surface area contributed by atoms with Gasteiger partial charge in [-0.3, -0.25) is 0 Å². The molecular weight excluding hydrogens is 480 g/mol. The van der Waals surface area contributed by atoms with Crippen LogP contribution < -0.4 is 0 Å². The van der Waals surface area contributed by atoms with Crippen molar-refractivity contribution in [3.8, 4) is 41.1 Å². The summed E-state index contributed by atoms with van der Waals surface area (Å²) in [6.07, 6.45) is 0. The number of thiophene rings is 5. The van der Waals surface area contributed by atoms with E-state index >= 15 is 0 Å². The molecule has 0 atom stereocenters. The molecule has 0 N–H and O–H groups in total. The summed E-state index contributed by atoms with van der Waals surface area (Å²) in [5.74, 6) is 0. The van der Waals surface area contributed by atoms with Gasteiger partial charge in [0, 0.05) is 35.8 Å². The van der Waals surface area contributed by atoms with Crippen LogP contribution in [-0.2, 0) is 0 Å². The van der Waals surface area contributed by atoms with E-state index in [1.165, 1.54) is 45.5 Å². The number of rotatable bonds is 4. The van der Waals surface area contributed by atoms with Crippen LogP contribution in [0, 0.1) is 0 Å². The maximum atomic E-state index is 3.70. The van der Waals surface area contributed by atoms with Crippen LogP contribution in [0.2, 0.25) is 0 Å². The Hall–Kier alpha value is -1.02. The highest BCUT2D eigenvalue weighted by atomic mass is 79.9. The van der Waals surface area contributed by atoms with Gasteiger partial charge in [0.2, 0.25) is 0 Å². The van der Waals surface area contributed by atoms with E-state index in [4.69, 9.17) is 0 Å². The molecule has 0 saturated heterocycles. The maximum absolute atomic E-state index is 3.70. The van der Waals surface area contributed by atoms with Gasteiger partial charge in [-0.2, -0.15) is 0 Å². The molecule has 5 heterocycles. The average molecular weight is 492 g/mol. The molecule has 0 bridgehead atoms. The van der Waals surface area contributed by atoms with Crippen LogP contribution in [0.15, 0.2) is 67.8 Å². The summed E-state index contributed by atoms with van der Waals surface area (Å²) in [7, 11) is 0. The van der Waals surface area contributed by atoms with E-state index in [0.717, 1.165) is 0 Å². The van der Waals surface area contributed by atoms with E-state index in [1.807, 2.05) is 34.0 Å². The van der Waals surface area contributed by atoms with Gasteiger partial charge in [0.05, 0.1) is 9.75 Å². The fraction of sp³-hybridized carbons (Fsp3) is 0. The molecule has 0 aliphatic heterocycles. The molecule has 0 aliphatic carbocycles. The summed E-state index contributed by atoms with van der Waals surface area (Å²) in [6, 6.07) is 13.3. The van der Waals surface area contributed by atoms with Gasteiger partial charge < -0.3 is 0 Å². The Morgan fingerprint density at radius 2 is 1.08 bits per heavy atom. The molecule has 0 nitrogen and oxygen atoms in total. The first-order valence-corrected chi connectivity index (χ1v) is 13.0. The van der Waals surface area contributed by atoms with Gasteiger partial charge in [-0.05, 0) is 73.2 Å². The van der Waals surface area contributed by atoms with Gasteiger partial charge in [0.1, 0.15) is 0 Å². The van der Waals surface area contributed by atoms with Crippen LogP contribution in [0.4, 0.5) is 0 Å². The van der Waals surface area contributed by atoms with E-state index in [-0.39, 0.29) is 0 Å². The minimum Gasteiger partial charge on any atom is -0.144 e. The molecule has 5 rings (SSSR count). The molecule has 0 saturated carbocycles. The van der Waals surface area contributed by atoms with Crippen LogP contribution in [0.25, 0.3) is 41.1 Å². The van der Waals surface area contributed by atoms with Crippen molar-refractivity contribution in [3.05, 3.63) is 67.8 Å². The largest absolute Gasteiger partial charge is 0.144 e. The number of hydrogen-bond acceptors (Lipinski definition) is 5. The van der Waals surface area contributed by atoms with E-state index in [2.05, 4.69) is 79.2 Å². The monoisotopic (exact) mass is 490 g/mol. The molecule has 26 heavy (non-hydrogen) atoms. The smallest absolute Gasteiger partial charge is 0.0591 e. The average Bonchev–Trinajstić information content (AvgIpc) is 3.42. The maximum Gasteiger partial charge on any atom is 0.0591 e. The van der Waals surface area contributed by atoms with Crippen molar-refractivity contribution in [2.24, 2.45) is 0 Å². The lowest BCUT2D eigenvalue weighted by Gasteiger charge is -2.06. The first-order chi connectivity index (χ1) is 12.8. The second-order valence-electron chi connectivity index (χ2n) is 5.57. The molecule has 0 aliphatic rings. The van der Waals surface area contributed by atoms with Gasteiger partial charge in [-0.1, -0.05) is 6.07 Å². The third kappa shape index (κ3) is 2.89. The fourth-order valence-electron chi connectivity index (χ4n) is 2.96. The molecule has 6 heteroatoms. The molecule has 0 spiro atoms. The van der Waals surface area contributed by atoms with Crippen molar-refractivity contribution in [1.82, 2.24) is 0 Å². The van der Waals surface area contributed by atoms with Crippen molar-refractivity contribution in [1.29, 1.82) is 0 Å². The molecule has 5 aromatic rings. The van der Waals surface area contributed by atoms with E-state index in [9.17, 15) is 0 Å². The van der Waals surface area contributed by atoms with E-state index in [1.54, 1.807) is 22.7 Å². The lowest BCUT2D eigenvalue weighted by atomic mass is 10.1. The van der Waals surface area contributed by atoms with Crippen molar-refractivity contribution in [2.45, 2.75) is 0 Å². The van der Waals surface area contributed by atoms with Crippen LogP contribution in [0.5, 0.6) is 0 Å². The fourth-order valence-corrected chi connectivity index (χ4v) is 8.59. The van der Waals surface area contributed by atoms with Crippen molar-refractivity contribution in [3.63, 3.8) is 0 Å². The zero-order valence-corrected chi connectivity index (χ0v) is 18.9. The third-order valence-electron chi connectivity index (χ3n) is 4.09. The second kappa shape index (κ2) is 7.19. The highest BCUT2D eigenvalue weighted by Crippen LogP contribution is 2.49. The molecular formula is C20H11BrS5. The van der Waals surface area contributed by atoms with E-state index < -0.39 is 0 Å². The molecule has 0 fully saturated rings.